The molecule has 0 aromatic carbocycles. The van der Waals surface area contributed by atoms with E-state index in [1.54, 1.807) is 0 Å². The number of hydrogen-bond donors (Lipinski definition) is 2. The number of nitrogens with one attached hydrogen (secondary N) is 2. The van der Waals surface area contributed by atoms with Crippen LogP contribution in [-0.4, -0.2) is 48.3 Å². The molecule has 0 aromatic heterocycles. The fourth-order valence-electron chi connectivity index (χ4n) is 3.87. The van der Waals surface area contributed by atoms with Gasteiger partial charge in [-0.3, -0.25) is 14.4 Å². The molecule has 6 nitrogen and oxygen atoms in total. The molecule has 1 saturated carbocycles. The minimum Gasteiger partial charge on any atom is -0.356 e. The number of likely N-dealkylation sites (tertiary alicyclic amines) is 1. The highest BCUT2D eigenvalue weighted by Gasteiger charge is 2.29. The second kappa shape index (κ2) is 10.1. The van der Waals surface area contributed by atoms with Crippen molar-refractivity contribution in [2.75, 3.05) is 19.6 Å². The Hall–Kier alpha value is -1.59. The number of carbonyl (C=O) groups is 3. The van der Waals surface area contributed by atoms with E-state index in [0.29, 0.717) is 25.3 Å². The van der Waals surface area contributed by atoms with E-state index < -0.39 is 5.41 Å². The first-order valence-corrected chi connectivity index (χ1v) is 10.6. The summed E-state index contributed by atoms with van der Waals surface area (Å²) in [6.07, 6.45) is 8.45. The van der Waals surface area contributed by atoms with Crippen molar-refractivity contribution in [3.63, 3.8) is 0 Å². The second-order valence-electron chi connectivity index (χ2n) is 9.11. The minimum atomic E-state index is -0.398. The summed E-state index contributed by atoms with van der Waals surface area (Å²) in [6.45, 7) is 7.66. The lowest BCUT2D eigenvalue weighted by Crippen LogP contribution is -2.48. The molecule has 0 unspecified atom stereocenters. The SMILES string of the molecule is CC(C)(C)C(=O)NCCCC(=O)NC1CCN(C(=O)C2CCCCC2)CC1. The van der Waals surface area contributed by atoms with Gasteiger partial charge in [0.25, 0.3) is 0 Å². The monoisotopic (exact) mass is 379 g/mol. The van der Waals surface area contributed by atoms with E-state index in [-0.39, 0.29) is 23.8 Å². The number of carbonyl (C=O) groups excluding carboxylic acids is 3. The predicted molar refractivity (Wildman–Crippen MR) is 106 cm³/mol. The molecule has 2 N–H and O–H groups in total. The molecule has 0 aromatic rings. The zero-order chi connectivity index (χ0) is 19.9. The Kier molecular flexibility index (Phi) is 8.11. The number of hydrogen-bond acceptors (Lipinski definition) is 3. The summed E-state index contributed by atoms with van der Waals surface area (Å²) in [5, 5.41) is 5.95. The van der Waals surface area contributed by atoms with Crippen LogP contribution in [0.2, 0.25) is 0 Å². The lowest BCUT2D eigenvalue weighted by atomic mass is 9.87. The van der Waals surface area contributed by atoms with Crippen molar-refractivity contribution in [1.29, 1.82) is 0 Å². The molecular weight excluding hydrogens is 342 g/mol. The Bertz CT molecular complexity index is 513. The van der Waals surface area contributed by atoms with Gasteiger partial charge in [0.1, 0.15) is 0 Å². The number of nitrogens with zero attached hydrogens (tertiary/aromatic N) is 1. The van der Waals surface area contributed by atoms with Crippen molar-refractivity contribution in [2.24, 2.45) is 11.3 Å². The average molecular weight is 380 g/mol. The molecule has 6 heteroatoms. The number of amides is 3. The summed E-state index contributed by atoms with van der Waals surface area (Å²) in [4.78, 5) is 38.5. The zero-order valence-electron chi connectivity index (χ0n) is 17.3. The molecule has 1 saturated heterocycles. The lowest BCUT2D eigenvalue weighted by Gasteiger charge is -2.35. The van der Waals surface area contributed by atoms with E-state index in [2.05, 4.69) is 10.6 Å². The van der Waals surface area contributed by atoms with E-state index in [1.807, 2.05) is 25.7 Å². The number of rotatable bonds is 6. The maximum Gasteiger partial charge on any atom is 0.225 e. The lowest BCUT2D eigenvalue weighted by molar-refractivity contribution is -0.137. The first-order chi connectivity index (χ1) is 12.8. The van der Waals surface area contributed by atoms with Crippen molar-refractivity contribution >= 4 is 17.7 Å². The summed E-state index contributed by atoms with van der Waals surface area (Å²) in [5.74, 6) is 0.609. The largest absolute Gasteiger partial charge is 0.356 e. The van der Waals surface area contributed by atoms with Crippen LogP contribution < -0.4 is 10.6 Å². The van der Waals surface area contributed by atoms with E-state index in [1.165, 1.54) is 19.3 Å². The molecule has 2 fully saturated rings. The Balaban J connectivity index is 1.60. The van der Waals surface area contributed by atoms with Crippen molar-refractivity contribution in [3.8, 4) is 0 Å². The molecule has 2 aliphatic rings. The van der Waals surface area contributed by atoms with E-state index >= 15 is 0 Å². The highest BCUT2D eigenvalue weighted by Crippen LogP contribution is 2.26. The van der Waals surface area contributed by atoms with Gasteiger partial charge < -0.3 is 15.5 Å². The van der Waals surface area contributed by atoms with Gasteiger partial charge in [-0.05, 0) is 32.1 Å². The molecule has 0 radical (unpaired) electrons. The van der Waals surface area contributed by atoms with Gasteiger partial charge >= 0.3 is 0 Å². The Morgan fingerprint density at radius 3 is 2.19 bits per heavy atom. The Morgan fingerprint density at radius 1 is 0.963 bits per heavy atom. The fraction of sp³-hybridized carbons (Fsp3) is 0.857. The third kappa shape index (κ3) is 7.15. The van der Waals surface area contributed by atoms with E-state index in [0.717, 1.165) is 38.8 Å². The Labute approximate surface area is 163 Å². The molecule has 1 heterocycles. The predicted octanol–water partition coefficient (Wildman–Crippen LogP) is 2.62. The molecule has 1 aliphatic heterocycles. The summed E-state index contributed by atoms with van der Waals surface area (Å²) in [5.41, 5.74) is -0.398. The van der Waals surface area contributed by atoms with Gasteiger partial charge in [0.2, 0.25) is 17.7 Å². The smallest absolute Gasteiger partial charge is 0.225 e. The van der Waals surface area contributed by atoms with Crippen LogP contribution in [0, 0.1) is 11.3 Å². The van der Waals surface area contributed by atoms with Crippen molar-refractivity contribution in [3.05, 3.63) is 0 Å². The molecule has 0 spiro atoms. The summed E-state index contributed by atoms with van der Waals surface area (Å²) in [6, 6.07) is 0.164. The van der Waals surface area contributed by atoms with Gasteiger partial charge in [-0.15, -0.1) is 0 Å². The molecular formula is C21H37N3O3. The molecule has 0 atom stereocenters. The van der Waals surface area contributed by atoms with Gasteiger partial charge in [-0.25, -0.2) is 0 Å². The zero-order valence-corrected chi connectivity index (χ0v) is 17.3. The average Bonchev–Trinajstić information content (AvgIpc) is 2.65. The first kappa shape index (κ1) is 21.7. The van der Waals surface area contributed by atoms with E-state index in [9.17, 15) is 14.4 Å². The second-order valence-corrected chi connectivity index (χ2v) is 9.11. The fourth-order valence-corrected chi connectivity index (χ4v) is 3.87. The highest BCUT2D eigenvalue weighted by molar-refractivity contribution is 5.81. The summed E-state index contributed by atoms with van der Waals surface area (Å²) < 4.78 is 0. The van der Waals surface area contributed by atoms with Gasteiger partial charge in [0, 0.05) is 43.4 Å². The standard InChI is InChI=1S/C21H37N3O3/c1-21(2,3)20(27)22-13-7-10-18(25)23-17-11-14-24(15-12-17)19(26)16-8-5-4-6-9-16/h16-17H,4-15H2,1-3H3,(H,22,27)(H,23,25). The topological polar surface area (TPSA) is 78.5 Å². The maximum atomic E-state index is 12.6. The third-order valence-corrected chi connectivity index (χ3v) is 5.67. The van der Waals surface area contributed by atoms with Crippen molar-refractivity contribution < 1.29 is 14.4 Å². The van der Waals surface area contributed by atoms with Gasteiger partial charge in [0.05, 0.1) is 0 Å². The molecule has 154 valence electrons. The van der Waals surface area contributed by atoms with Crippen LogP contribution in [-0.2, 0) is 14.4 Å². The molecule has 0 bridgehead atoms. The summed E-state index contributed by atoms with van der Waals surface area (Å²) in [7, 11) is 0. The summed E-state index contributed by atoms with van der Waals surface area (Å²) >= 11 is 0. The quantitative estimate of drug-likeness (QED) is 0.696. The van der Waals surface area contributed by atoms with Crippen LogP contribution in [0.3, 0.4) is 0 Å². The van der Waals surface area contributed by atoms with Crippen LogP contribution in [0.15, 0.2) is 0 Å². The minimum absolute atomic E-state index is 0.0120. The maximum absolute atomic E-state index is 12.6. The third-order valence-electron chi connectivity index (χ3n) is 5.67. The number of piperidine rings is 1. The molecule has 27 heavy (non-hydrogen) atoms. The van der Waals surface area contributed by atoms with Crippen LogP contribution in [0.5, 0.6) is 0 Å². The van der Waals surface area contributed by atoms with Crippen LogP contribution in [0.1, 0.15) is 78.6 Å². The normalized spacial score (nSPS) is 19.6. The van der Waals surface area contributed by atoms with Gasteiger partial charge in [-0.1, -0.05) is 40.0 Å². The van der Waals surface area contributed by atoms with E-state index in [4.69, 9.17) is 0 Å². The van der Waals surface area contributed by atoms with Crippen molar-refractivity contribution in [2.45, 2.75) is 84.6 Å². The highest BCUT2D eigenvalue weighted by atomic mass is 16.2. The van der Waals surface area contributed by atoms with Gasteiger partial charge in [0.15, 0.2) is 0 Å². The van der Waals surface area contributed by atoms with Gasteiger partial charge in [-0.2, -0.15) is 0 Å². The molecule has 2 rings (SSSR count). The molecule has 3 amide bonds. The van der Waals surface area contributed by atoms with Crippen LogP contribution in [0.25, 0.3) is 0 Å². The first-order valence-electron chi connectivity index (χ1n) is 10.6. The van der Waals surface area contributed by atoms with Crippen LogP contribution in [0.4, 0.5) is 0 Å². The van der Waals surface area contributed by atoms with Crippen LogP contribution >= 0.6 is 0 Å². The molecule has 1 aliphatic carbocycles. The Morgan fingerprint density at radius 2 is 1.59 bits per heavy atom. The van der Waals surface area contributed by atoms with Crippen molar-refractivity contribution in [1.82, 2.24) is 15.5 Å².